The Bertz CT molecular complexity index is 1190. The summed E-state index contributed by atoms with van der Waals surface area (Å²) in [4.78, 5) is 25.2. The number of benzene rings is 1. The SMILES string of the molecule is N#CC1C=CC2=C(C1)CN(C(=O)c1ccco1)[C@H](Cc1ccccc1)CN2Cc1c[nH]cn1. The van der Waals surface area contributed by atoms with Crippen LogP contribution in [0.5, 0.6) is 0 Å². The van der Waals surface area contributed by atoms with Gasteiger partial charge in [0.25, 0.3) is 5.91 Å². The zero-order valence-corrected chi connectivity index (χ0v) is 18.2. The molecule has 1 aliphatic carbocycles. The molecule has 5 rings (SSSR count). The molecule has 0 bridgehead atoms. The van der Waals surface area contributed by atoms with Crippen molar-refractivity contribution in [2.75, 3.05) is 13.1 Å². The van der Waals surface area contributed by atoms with Gasteiger partial charge in [-0.25, -0.2) is 4.98 Å². The molecule has 0 saturated heterocycles. The van der Waals surface area contributed by atoms with Crippen LogP contribution < -0.4 is 0 Å². The van der Waals surface area contributed by atoms with Gasteiger partial charge in [0.05, 0.1) is 42.9 Å². The van der Waals surface area contributed by atoms with Crippen LogP contribution in [0.2, 0.25) is 0 Å². The second-order valence-corrected chi connectivity index (χ2v) is 8.48. The number of aromatic nitrogens is 2. The number of H-pyrrole nitrogens is 1. The van der Waals surface area contributed by atoms with Gasteiger partial charge in [0.1, 0.15) is 0 Å². The Morgan fingerprint density at radius 3 is 2.85 bits per heavy atom. The minimum Gasteiger partial charge on any atom is -0.459 e. The zero-order valence-electron chi connectivity index (χ0n) is 18.2. The highest BCUT2D eigenvalue weighted by Crippen LogP contribution is 2.32. The Morgan fingerprint density at radius 2 is 2.12 bits per heavy atom. The number of imidazole rings is 1. The van der Waals surface area contributed by atoms with Crippen LogP contribution in [0, 0.1) is 17.2 Å². The van der Waals surface area contributed by atoms with Gasteiger partial charge in [0, 0.05) is 25.0 Å². The first kappa shape index (κ1) is 20.8. The average Bonchev–Trinajstić information content (AvgIpc) is 3.54. The number of aromatic amines is 1. The molecule has 33 heavy (non-hydrogen) atoms. The number of nitrogens with zero attached hydrogens (tertiary/aromatic N) is 4. The Balaban J connectivity index is 1.53. The summed E-state index contributed by atoms with van der Waals surface area (Å²) in [6.07, 6.45) is 10.4. The predicted molar refractivity (Wildman–Crippen MR) is 123 cm³/mol. The van der Waals surface area contributed by atoms with Gasteiger partial charge in [0.15, 0.2) is 5.76 Å². The van der Waals surface area contributed by atoms with E-state index in [0.29, 0.717) is 31.8 Å². The van der Waals surface area contributed by atoms with Gasteiger partial charge in [-0.2, -0.15) is 5.26 Å². The molecule has 3 aromatic rings. The van der Waals surface area contributed by atoms with Gasteiger partial charge in [0.2, 0.25) is 0 Å². The number of nitriles is 1. The topological polar surface area (TPSA) is 89.2 Å². The van der Waals surface area contributed by atoms with E-state index >= 15 is 0 Å². The third-order valence-corrected chi connectivity index (χ3v) is 6.27. The Hall–Kier alpha value is -4.05. The number of nitrogens with one attached hydrogen (secondary N) is 1. The van der Waals surface area contributed by atoms with Crippen molar-refractivity contribution in [2.45, 2.75) is 25.4 Å². The first-order valence-electron chi connectivity index (χ1n) is 11.1. The van der Waals surface area contributed by atoms with Crippen LogP contribution in [0.25, 0.3) is 0 Å². The molecule has 2 atom stereocenters. The van der Waals surface area contributed by atoms with Gasteiger partial charge in [-0.3, -0.25) is 4.79 Å². The Kier molecular flexibility index (Phi) is 5.81. The van der Waals surface area contributed by atoms with Gasteiger partial charge < -0.3 is 19.2 Å². The van der Waals surface area contributed by atoms with Gasteiger partial charge in [-0.1, -0.05) is 36.4 Å². The van der Waals surface area contributed by atoms with E-state index in [0.717, 1.165) is 23.4 Å². The summed E-state index contributed by atoms with van der Waals surface area (Å²) in [6.45, 7) is 1.73. The molecule has 7 nitrogen and oxygen atoms in total. The lowest BCUT2D eigenvalue weighted by Crippen LogP contribution is -2.46. The van der Waals surface area contributed by atoms with Gasteiger partial charge in [-0.15, -0.1) is 0 Å². The van der Waals surface area contributed by atoms with Crippen LogP contribution in [0.4, 0.5) is 0 Å². The first-order chi connectivity index (χ1) is 16.2. The smallest absolute Gasteiger partial charge is 0.290 e. The van der Waals surface area contributed by atoms with Gasteiger partial charge >= 0.3 is 0 Å². The molecule has 1 N–H and O–H groups in total. The normalized spacial score (nSPS) is 20.3. The van der Waals surface area contributed by atoms with Crippen LogP contribution in [-0.4, -0.2) is 44.8 Å². The van der Waals surface area contributed by atoms with E-state index in [1.807, 2.05) is 41.4 Å². The van der Waals surface area contributed by atoms with Crippen molar-refractivity contribution in [3.05, 3.63) is 102 Å². The average molecular weight is 440 g/mol. The first-order valence-corrected chi connectivity index (χ1v) is 11.1. The number of hydrogen-bond acceptors (Lipinski definition) is 5. The zero-order chi connectivity index (χ0) is 22.6. The summed E-state index contributed by atoms with van der Waals surface area (Å²) in [5.74, 6) is 0.0128. The molecule has 1 unspecified atom stereocenters. The maximum Gasteiger partial charge on any atom is 0.290 e. The van der Waals surface area contributed by atoms with Crippen molar-refractivity contribution in [3.8, 4) is 6.07 Å². The molecule has 1 aromatic carbocycles. The van der Waals surface area contributed by atoms with Crippen molar-refractivity contribution < 1.29 is 9.21 Å². The summed E-state index contributed by atoms with van der Waals surface area (Å²) in [5, 5.41) is 9.55. The standard InChI is InChI=1S/C26H25N5O2/c27-13-20-8-9-24-21(11-20)15-31(26(32)25-7-4-10-33-25)23(12-19-5-2-1-3-6-19)17-30(24)16-22-14-28-18-29-22/h1-10,14,18,20,23H,11-12,15-17H2,(H,28,29)/t20?,23-/m1/s1. The van der Waals surface area contributed by atoms with E-state index in [-0.39, 0.29) is 17.9 Å². The van der Waals surface area contributed by atoms with E-state index in [1.54, 1.807) is 18.5 Å². The maximum atomic E-state index is 13.6. The summed E-state index contributed by atoms with van der Waals surface area (Å²) in [6, 6.07) is 16.0. The highest BCUT2D eigenvalue weighted by Gasteiger charge is 2.35. The summed E-state index contributed by atoms with van der Waals surface area (Å²) in [7, 11) is 0. The fourth-order valence-corrected chi connectivity index (χ4v) is 4.68. The minimum atomic E-state index is -0.192. The molecule has 0 fully saturated rings. The summed E-state index contributed by atoms with van der Waals surface area (Å²) >= 11 is 0. The fraction of sp³-hybridized carbons (Fsp3) is 0.269. The number of amides is 1. The van der Waals surface area contributed by atoms with Crippen molar-refractivity contribution in [1.29, 1.82) is 5.26 Å². The summed E-state index contributed by atoms with van der Waals surface area (Å²) in [5.41, 5.74) is 4.28. The number of carbonyl (C=O) groups is 1. The van der Waals surface area contributed by atoms with Crippen molar-refractivity contribution in [3.63, 3.8) is 0 Å². The number of hydrogen-bond donors (Lipinski definition) is 1. The summed E-state index contributed by atoms with van der Waals surface area (Å²) < 4.78 is 5.48. The molecule has 2 aromatic heterocycles. The molecule has 7 heteroatoms. The van der Waals surface area contributed by atoms with E-state index in [4.69, 9.17) is 4.42 Å². The van der Waals surface area contributed by atoms with Crippen LogP contribution in [0.1, 0.15) is 28.2 Å². The third-order valence-electron chi connectivity index (χ3n) is 6.27. The molecule has 1 amide bonds. The quantitative estimate of drug-likeness (QED) is 0.651. The molecular formula is C26H25N5O2. The molecule has 166 valence electrons. The number of rotatable bonds is 5. The molecular weight excluding hydrogens is 414 g/mol. The number of allylic oxidation sites excluding steroid dienone is 2. The lowest BCUT2D eigenvalue weighted by Gasteiger charge is -2.33. The third kappa shape index (κ3) is 4.46. The second kappa shape index (κ2) is 9.21. The van der Waals surface area contributed by atoms with Crippen LogP contribution in [-0.2, 0) is 13.0 Å². The Labute approximate surface area is 192 Å². The molecule has 0 radical (unpaired) electrons. The molecule has 0 saturated carbocycles. The lowest BCUT2D eigenvalue weighted by molar-refractivity contribution is 0.0645. The Morgan fingerprint density at radius 1 is 1.24 bits per heavy atom. The molecule has 2 aliphatic rings. The minimum absolute atomic E-state index is 0.0801. The predicted octanol–water partition coefficient (Wildman–Crippen LogP) is 3.93. The molecule has 3 heterocycles. The number of carbonyl (C=O) groups excluding carboxylic acids is 1. The van der Waals surface area contributed by atoms with E-state index in [9.17, 15) is 10.1 Å². The van der Waals surface area contributed by atoms with E-state index in [1.165, 1.54) is 11.8 Å². The molecule has 0 spiro atoms. The van der Waals surface area contributed by atoms with Crippen molar-refractivity contribution >= 4 is 5.91 Å². The lowest BCUT2D eigenvalue weighted by atomic mass is 9.92. The fourth-order valence-electron chi connectivity index (χ4n) is 4.68. The monoisotopic (exact) mass is 439 g/mol. The highest BCUT2D eigenvalue weighted by molar-refractivity contribution is 5.92. The van der Waals surface area contributed by atoms with E-state index < -0.39 is 0 Å². The number of furan rings is 1. The van der Waals surface area contributed by atoms with Crippen molar-refractivity contribution in [1.82, 2.24) is 19.8 Å². The highest BCUT2D eigenvalue weighted by atomic mass is 16.3. The second-order valence-electron chi connectivity index (χ2n) is 8.48. The van der Waals surface area contributed by atoms with E-state index in [2.05, 4.69) is 33.1 Å². The molecule has 1 aliphatic heterocycles. The largest absolute Gasteiger partial charge is 0.459 e. The van der Waals surface area contributed by atoms with Crippen LogP contribution >= 0.6 is 0 Å². The van der Waals surface area contributed by atoms with Crippen molar-refractivity contribution in [2.24, 2.45) is 5.92 Å². The van der Waals surface area contributed by atoms with Crippen LogP contribution in [0.3, 0.4) is 0 Å². The maximum absolute atomic E-state index is 13.6. The van der Waals surface area contributed by atoms with Crippen LogP contribution in [0.15, 0.2) is 89.1 Å². The van der Waals surface area contributed by atoms with Gasteiger partial charge in [-0.05, 0) is 42.2 Å².